The van der Waals surface area contributed by atoms with Crippen molar-refractivity contribution >= 4 is 11.0 Å². The maximum absolute atomic E-state index is 4.54. The van der Waals surface area contributed by atoms with E-state index in [1.165, 1.54) is 16.7 Å². The van der Waals surface area contributed by atoms with Crippen LogP contribution in [0.2, 0.25) is 0 Å². The quantitative estimate of drug-likeness (QED) is 0.774. The van der Waals surface area contributed by atoms with Crippen LogP contribution in [-0.4, -0.2) is 21.9 Å². The van der Waals surface area contributed by atoms with Crippen LogP contribution in [-0.2, 0) is 6.54 Å². The van der Waals surface area contributed by atoms with E-state index in [4.69, 9.17) is 0 Å². The Hall–Kier alpha value is -2.13. The largest absolute Gasteiger partial charge is 0.342 e. The molecular weight excluding hydrogens is 270 g/mol. The average Bonchev–Trinajstić information content (AvgIpc) is 2.87. The van der Waals surface area contributed by atoms with E-state index < -0.39 is 0 Å². The lowest BCUT2D eigenvalue weighted by Crippen LogP contribution is -2.21. The fourth-order valence-electron chi connectivity index (χ4n) is 2.78. The number of imidazole rings is 1. The highest BCUT2D eigenvalue weighted by Crippen LogP contribution is 2.24. The molecule has 0 aliphatic rings. The monoisotopic (exact) mass is 293 g/mol. The van der Waals surface area contributed by atoms with Crippen molar-refractivity contribution in [3.05, 3.63) is 65.0 Å². The fourth-order valence-corrected chi connectivity index (χ4v) is 2.78. The molecule has 0 aliphatic heterocycles. The van der Waals surface area contributed by atoms with Crippen LogP contribution in [0, 0.1) is 13.8 Å². The van der Waals surface area contributed by atoms with Gasteiger partial charge in [-0.05, 0) is 51.1 Å². The predicted octanol–water partition coefficient (Wildman–Crippen LogP) is 4.37. The number of aromatic nitrogens is 2. The highest BCUT2D eigenvalue weighted by Gasteiger charge is 2.13. The Bertz CT molecular complexity index is 771. The topological polar surface area (TPSA) is 31.9 Å². The number of fused-ring (bicyclic) bond motifs is 1. The van der Waals surface area contributed by atoms with Crippen LogP contribution >= 0.6 is 0 Å². The van der Waals surface area contributed by atoms with Gasteiger partial charge in [-0.25, -0.2) is 4.98 Å². The van der Waals surface area contributed by atoms with Crippen LogP contribution in [0.1, 0.15) is 35.5 Å². The molecule has 3 nitrogen and oxygen atoms in total. The number of rotatable bonds is 4. The Morgan fingerprint density at radius 2 is 1.82 bits per heavy atom. The molecule has 1 unspecified atom stereocenters. The molecule has 1 heterocycles. The molecule has 1 N–H and O–H groups in total. The Balaban J connectivity index is 1.78. The third kappa shape index (κ3) is 3.04. The minimum absolute atomic E-state index is 0.350. The molecule has 22 heavy (non-hydrogen) atoms. The minimum atomic E-state index is 0.350. The smallest absolute Gasteiger partial charge is 0.104 e. The molecule has 3 aromatic rings. The first kappa shape index (κ1) is 14.8. The molecule has 3 rings (SSSR count). The van der Waals surface area contributed by atoms with Crippen molar-refractivity contribution in [3.8, 4) is 0 Å². The fraction of sp³-hybridized carbons (Fsp3) is 0.316. The van der Waals surface area contributed by atoms with Crippen LogP contribution < -0.4 is 0 Å². The van der Waals surface area contributed by atoms with Crippen molar-refractivity contribution in [3.63, 3.8) is 0 Å². The first-order chi connectivity index (χ1) is 10.5. The van der Waals surface area contributed by atoms with E-state index in [1.54, 1.807) is 0 Å². The van der Waals surface area contributed by atoms with E-state index in [9.17, 15) is 0 Å². The summed E-state index contributed by atoms with van der Waals surface area (Å²) in [5.41, 5.74) is 6.10. The van der Waals surface area contributed by atoms with Gasteiger partial charge in [0.25, 0.3) is 0 Å². The van der Waals surface area contributed by atoms with E-state index in [0.29, 0.717) is 6.04 Å². The maximum atomic E-state index is 4.54. The number of aryl methyl sites for hydroxylation is 2. The minimum Gasteiger partial charge on any atom is -0.342 e. The first-order valence-electron chi connectivity index (χ1n) is 7.75. The van der Waals surface area contributed by atoms with Crippen LogP contribution in [0.4, 0.5) is 0 Å². The normalized spacial score (nSPS) is 13.0. The second-order valence-corrected chi connectivity index (χ2v) is 6.18. The zero-order chi connectivity index (χ0) is 15.7. The van der Waals surface area contributed by atoms with E-state index in [2.05, 4.69) is 78.2 Å². The molecule has 0 spiro atoms. The number of nitrogens with one attached hydrogen (secondary N) is 1. The summed E-state index contributed by atoms with van der Waals surface area (Å²) in [6, 6.07) is 15.6. The molecule has 0 radical (unpaired) electrons. The van der Waals surface area contributed by atoms with Gasteiger partial charge in [0.2, 0.25) is 0 Å². The van der Waals surface area contributed by atoms with Crippen molar-refractivity contribution in [1.82, 2.24) is 14.9 Å². The number of aromatic amines is 1. The van der Waals surface area contributed by atoms with E-state index >= 15 is 0 Å². The summed E-state index contributed by atoms with van der Waals surface area (Å²) in [7, 11) is 2.17. The lowest BCUT2D eigenvalue weighted by Gasteiger charge is -2.25. The van der Waals surface area contributed by atoms with Crippen molar-refractivity contribution in [1.29, 1.82) is 0 Å². The number of H-pyrrole nitrogens is 1. The van der Waals surface area contributed by atoms with Gasteiger partial charge in [0.05, 0.1) is 11.0 Å². The first-order valence-corrected chi connectivity index (χ1v) is 7.75. The average molecular weight is 293 g/mol. The highest BCUT2D eigenvalue weighted by molar-refractivity contribution is 5.75. The molecule has 0 aliphatic carbocycles. The van der Waals surface area contributed by atoms with Gasteiger partial charge < -0.3 is 4.98 Å². The van der Waals surface area contributed by atoms with Gasteiger partial charge in [-0.1, -0.05) is 35.9 Å². The van der Waals surface area contributed by atoms with Crippen LogP contribution in [0.15, 0.2) is 42.5 Å². The Morgan fingerprint density at radius 3 is 2.55 bits per heavy atom. The second kappa shape index (κ2) is 5.93. The van der Waals surface area contributed by atoms with Gasteiger partial charge in [0, 0.05) is 12.6 Å². The van der Waals surface area contributed by atoms with Crippen molar-refractivity contribution in [2.75, 3.05) is 7.05 Å². The van der Waals surface area contributed by atoms with Gasteiger partial charge in [-0.3, -0.25) is 4.90 Å². The van der Waals surface area contributed by atoms with E-state index in [-0.39, 0.29) is 0 Å². The Labute approximate surface area is 132 Å². The standard InChI is InChI=1S/C19H23N3/c1-13-5-7-16(8-6-13)12-22(4)14(2)17-9-10-18-19(11-17)21-15(3)20-18/h5-11,14H,12H2,1-4H3,(H,20,21). The highest BCUT2D eigenvalue weighted by atomic mass is 15.1. The van der Waals surface area contributed by atoms with Crippen LogP contribution in [0.5, 0.6) is 0 Å². The third-order valence-corrected chi connectivity index (χ3v) is 4.32. The zero-order valence-corrected chi connectivity index (χ0v) is 13.7. The summed E-state index contributed by atoms with van der Waals surface area (Å²) >= 11 is 0. The number of hydrogen-bond acceptors (Lipinski definition) is 2. The van der Waals surface area contributed by atoms with Crippen molar-refractivity contribution in [2.45, 2.75) is 33.4 Å². The summed E-state index contributed by atoms with van der Waals surface area (Å²) in [5.74, 6) is 0.966. The Morgan fingerprint density at radius 1 is 1.09 bits per heavy atom. The van der Waals surface area contributed by atoms with Gasteiger partial charge in [-0.15, -0.1) is 0 Å². The number of benzene rings is 2. The molecule has 0 bridgehead atoms. The molecule has 0 fully saturated rings. The lowest BCUT2D eigenvalue weighted by molar-refractivity contribution is 0.253. The lowest BCUT2D eigenvalue weighted by atomic mass is 10.1. The summed E-state index contributed by atoms with van der Waals surface area (Å²) in [6.07, 6.45) is 0. The van der Waals surface area contributed by atoms with Gasteiger partial charge in [-0.2, -0.15) is 0 Å². The molecular formula is C19H23N3. The SMILES string of the molecule is Cc1ccc(CN(C)C(C)c2ccc3[nH]c(C)nc3c2)cc1. The molecule has 2 aromatic carbocycles. The molecule has 0 amide bonds. The van der Waals surface area contributed by atoms with Gasteiger partial charge >= 0.3 is 0 Å². The molecule has 1 aromatic heterocycles. The second-order valence-electron chi connectivity index (χ2n) is 6.18. The molecule has 114 valence electrons. The predicted molar refractivity (Wildman–Crippen MR) is 91.9 cm³/mol. The zero-order valence-electron chi connectivity index (χ0n) is 13.7. The molecule has 0 saturated heterocycles. The number of nitrogens with zero attached hydrogens (tertiary/aromatic N) is 2. The van der Waals surface area contributed by atoms with Gasteiger partial charge in [0.1, 0.15) is 5.82 Å². The van der Waals surface area contributed by atoms with Crippen molar-refractivity contribution in [2.24, 2.45) is 0 Å². The third-order valence-electron chi connectivity index (χ3n) is 4.32. The molecule has 3 heteroatoms. The van der Waals surface area contributed by atoms with Crippen LogP contribution in [0.25, 0.3) is 11.0 Å². The number of hydrogen-bond donors (Lipinski definition) is 1. The summed E-state index contributed by atoms with van der Waals surface area (Å²) in [6.45, 7) is 7.30. The van der Waals surface area contributed by atoms with Crippen LogP contribution in [0.3, 0.4) is 0 Å². The maximum Gasteiger partial charge on any atom is 0.104 e. The summed E-state index contributed by atoms with van der Waals surface area (Å²) in [4.78, 5) is 10.2. The van der Waals surface area contributed by atoms with Gasteiger partial charge in [0.15, 0.2) is 0 Å². The molecule has 0 saturated carbocycles. The molecule has 1 atom stereocenters. The van der Waals surface area contributed by atoms with E-state index in [0.717, 1.165) is 23.4 Å². The summed E-state index contributed by atoms with van der Waals surface area (Å²) < 4.78 is 0. The van der Waals surface area contributed by atoms with Crippen molar-refractivity contribution < 1.29 is 0 Å². The van der Waals surface area contributed by atoms with E-state index in [1.807, 2.05) is 6.92 Å². The summed E-state index contributed by atoms with van der Waals surface area (Å²) in [5, 5.41) is 0. The Kier molecular flexibility index (Phi) is 3.99.